The van der Waals surface area contributed by atoms with Crippen LogP contribution in [0.5, 0.6) is 0 Å². The number of aryl methyl sites for hydroxylation is 1. The number of anilines is 1. The number of carbonyl (C=O) groups excluding carboxylic acids is 4. The van der Waals surface area contributed by atoms with Crippen LogP contribution in [0.2, 0.25) is 0 Å². The Morgan fingerprint density at radius 2 is 1.95 bits per heavy atom. The summed E-state index contributed by atoms with van der Waals surface area (Å²) in [5, 5.41) is 14.5. The Kier molecular flexibility index (Phi) is 15.6. The van der Waals surface area contributed by atoms with Crippen LogP contribution >= 0.6 is 0 Å². The number of nitrogens with one attached hydrogen (secondary N) is 2. The smallest absolute Gasteiger partial charge is 0.338 e. The number of carbonyl (C=O) groups is 5. The zero-order valence-electron chi connectivity index (χ0n) is 25.9. The maximum atomic E-state index is 11.1. The molecule has 44 heavy (non-hydrogen) atoms. The minimum Gasteiger partial charge on any atom is -0.478 e. The van der Waals surface area contributed by atoms with Gasteiger partial charge in [0.1, 0.15) is 12.3 Å². The second-order valence-electron chi connectivity index (χ2n) is 10.8. The highest BCUT2D eigenvalue weighted by atomic mass is 16.4. The lowest BCUT2D eigenvalue weighted by molar-refractivity contribution is -0.140. The Labute approximate surface area is 259 Å². The summed E-state index contributed by atoms with van der Waals surface area (Å²) in [6.07, 6.45) is 6.73. The number of hydrogen-bond acceptors (Lipinski definition) is 10. The Morgan fingerprint density at radius 3 is 2.52 bits per heavy atom. The van der Waals surface area contributed by atoms with Crippen molar-refractivity contribution in [3.05, 3.63) is 41.1 Å². The monoisotopic (exact) mass is 611 g/mol. The van der Waals surface area contributed by atoms with E-state index in [4.69, 9.17) is 5.11 Å². The van der Waals surface area contributed by atoms with Gasteiger partial charge in [0, 0.05) is 76.4 Å². The van der Waals surface area contributed by atoms with Gasteiger partial charge in [0.05, 0.1) is 5.57 Å². The van der Waals surface area contributed by atoms with E-state index < -0.39 is 12.0 Å². The zero-order valence-corrected chi connectivity index (χ0v) is 25.9. The second-order valence-corrected chi connectivity index (χ2v) is 10.8. The van der Waals surface area contributed by atoms with Crippen LogP contribution in [-0.4, -0.2) is 124 Å². The Balaban J connectivity index is 0.000000469. The first kappa shape index (κ1) is 36.0. The lowest BCUT2D eigenvalue weighted by Gasteiger charge is -2.38. The molecule has 2 aliphatic rings. The average Bonchev–Trinajstić information content (AvgIpc) is 3.01. The number of aliphatic carboxylic acids is 1. The first-order chi connectivity index (χ1) is 21.1. The van der Waals surface area contributed by atoms with Gasteiger partial charge in [0.15, 0.2) is 0 Å². The number of amides is 3. The molecule has 0 radical (unpaired) electrons. The molecule has 0 aromatic heterocycles. The third kappa shape index (κ3) is 11.8. The van der Waals surface area contributed by atoms with Gasteiger partial charge in [-0.05, 0) is 76.2 Å². The predicted octanol–water partition coefficient (Wildman–Crippen LogP) is 1.17. The Bertz CT molecular complexity index is 1210. The summed E-state index contributed by atoms with van der Waals surface area (Å²) in [6.45, 7) is 11.7. The fourth-order valence-corrected chi connectivity index (χ4v) is 5.02. The van der Waals surface area contributed by atoms with Crippen molar-refractivity contribution >= 4 is 49.1 Å². The molecular formula is C31H45N7O6. The van der Waals surface area contributed by atoms with Gasteiger partial charge >= 0.3 is 5.97 Å². The molecule has 2 atom stereocenters. The largest absolute Gasteiger partial charge is 0.478 e. The predicted molar refractivity (Wildman–Crippen MR) is 170 cm³/mol. The number of benzene rings is 1. The highest BCUT2D eigenvalue weighted by Gasteiger charge is 2.29. The molecule has 2 fully saturated rings. The number of piperazine rings is 1. The fraction of sp³-hybridized carbons (Fsp3) is 0.516. The number of carboxylic acids is 1. The lowest BCUT2D eigenvalue weighted by atomic mass is 10.00. The molecule has 1 aromatic rings. The van der Waals surface area contributed by atoms with Crippen molar-refractivity contribution in [1.82, 2.24) is 20.4 Å². The zero-order chi connectivity index (χ0) is 32.5. The number of imide groups is 1. The van der Waals surface area contributed by atoms with Gasteiger partial charge < -0.3 is 20.2 Å². The minimum atomic E-state index is -1.05. The second kappa shape index (κ2) is 19.1. The molecule has 240 valence electrons. The molecule has 0 saturated carbocycles. The van der Waals surface area contributed by atoms with Gasteiger partial charge in [-0.2, -0.15) is 0 Å². The summed E-state index contributed by atoms with van der Waals surface area (Å²) in [5.74, 6) is -1.23. The first-order valence-electron chi connectivity index (χ1n) is 14.7. The fourth-order valence-electron chi connectivity index (χ4n) is 5.02. The van der Waals surface area contributed by atoms with Gasteiger partial charge in [-0.1, -0.05) is 0 Å². The normalized spacial score (nSPS) is 18.2. The Hall–Kier alpha value is -4.23. The highest BCUT2D eigenvalue weighted by Crippen LogP contribution is 2.21. The minimum absolute atomic E-state index is 0.0410. The summed E-state index contributed by atoms with van der Waals surface area (Å²) in [4.78, 5) is 68.2. The summed E-state index contributed by atoms with van der Waals surface area (Å²) in [7, 11) is 3.48. The molecule has 1 aromatic carbocycles. The van der Waals surface area contributed by atoms with Gasteiger partial charge in [-0.15, -0.1) is 0 Å². The number of aldehydes is 1. The SMILES string of the molecule is C=N/C=C(\C=NCCC(CCNC)CN1CCN(c2ccc(C=O)c(C)c2)CC1)C(=O)O.CN(C=O)C1CCC(=O)NC1=O. The van der Waals surface area contributed by atoms with Crippen molar-refractivity contribution in [2.45, 2.75) is 38.6 Å². The standard InChI is InChI=1S/C24H35N5O3.C7H10N2O3/c1-19-14-23(5-4-21(19)18-30)29-12-10-28(11-13-29)17-20(6-8-25-2)7-9-27-16-22(15-26-3)24(31)32;1-9(4-10)5-2-3-6(11)8-7(5)12/h4-5,14-16,18,20,25H,3,6-13,17H2,1-2H3,(H,31,32);4-5H,2-3H2,1H3,(H,8,11,12)/b22-15+,27-16?;. The molecule has 3 amide bonds. The molecule has 0 aliphatic carbocycles. The van der Waals surface area contributed by atoms with Crippen molar-refractivity contribution in [2.75, 3.05) is 64.8 Å². The number of aliphatic imine (C=N–C) groups is 2. The summed E-state index contributed by atoms with van der Waals surface area (Å²) in [6, 6.07) is 5.53. The van der Waals surface area contributed by atoms with Gasteiger partial charge in [-0.25, -0.2) is 4.79 Å². The third-order valence-electron chi connectivity index (χ3n) is 7.68. The van der Waals surface area contributed by atoms with E-state index in [9.17, 15) is 24.0 Å². The molecule has 13 nitrogen and oxygen atoms in total. The van der Waals surface area contributed by atoms with Crippen molar-refractivity contribution in [3.63, 3.8) is 0 Å². The maximum Gasteiger partial charge on any atom is 0.338 e. The van der Waals surface area contributed by atoms with E-state index in [2.05, 4.69) is 43.2 Å². The van der Waals surface area contributed by atoms with E-state index in [0.717, 1.165) is 69.5 Å². The number of likely N-dealkylation sites (N-methyl/N-ethyl adjacent to an activating group) is 1. The molecule has 0 spiro atoms. The van der Waals surface area contributed by atoms with Gasteiger partial charge in [-0.3, -0.25) is 39.4 Å². The Morgan fingerprint density at radius 1 is 1.23 bits per heavy atom. The van der Waals surface area contributed by atoms with Crippen molar-refractivity contribution in [3.8, 4) is 0 Å². The van der Waals surface area contributed by atoms with Gasteiger partial charge in [0.2, 0.25) is 18.2 Å². The molecule has 3 rings (SSSR count). The number of carboxylic acid groups (broad SMARTS) is 1. The van der Waals surface area contributed by atoms with Gasteiger partial charge in [0.25, 0.3) is 0 Å². The third-order valence-corrected chi connectivity index (χ3v) is 7.68. The number of nitrogens with zero attached hydrogens (tertiary/aromatic N) is 5. The van der Waals surface area contributed by atoms with E-state index in [1.807, 2.05) is 26.1 Å². The van der Waals surface area contributed by atoms with Crippen LogP contribution in [0.4, 0.5) is 5.69 Å². The van der Waals surface area contributed by atoms with Crippen molar-refractivity contribution in [1.29, 1.82) is 0 Å². The molecule has 2 unspecified atom stereocenters. The van der Waals surface area contributed by atoms with E-state index in [1.165, 1.54) is 30.0 Å². The molecule has 2 saturated heterocycles. The maximum absolute atomic E-state index is 11.1. The van der Waals surface area contributed by atoms with E-state index in [1.54, 1.807) is 0 Å². The van der Waals surface area contributed by atoms with Crippen molar-refractivity contribution < 1.29 is 29.1 Å². The summed E-state index contributed by atoms with van der Waals surface area (Å²) < 4.78 is 0. The molecule has 2 aliphatic heterocycles. The molecular weight excluding hydrogens is 566 g/mol. The van der Waals surface area contributed by atoms with Crippen molar-refractivity contribution in [2.24, 2.45) is 15.9 Å². The molecule has 13 heteroatoms. The van der Waals surface area contributed by atoms with Crippen LogP contribution in [0.3, 0.4) is 0 Å². The number of hydrogen-bond donors (Lipinski definition) is 3. The van der Waals surface area contributed by atoms with E-state index >= 15 is 0 Å². The number of piperidine rings is 1. The average molecular weight is 612 g/mol. The summed E-state index contributed by atoms with van der Waals surface area (Å²) >= 11 is 0. The van der Waals surface area contributed by atoms with Crippen LogP contribution in [0.25, 0.3) is 0 Å². The number of rotatable bonds is 15. The van der Waals surface area contributed by atoms with Crippen LogP contribution in [0.15, 0.2) is 40.0 Å². The summed E-state index contributed by atoms with van der Waals surface area (Å²) in [5.41, 5.74) is 2.97. The lowest BCUT2D eigenvalue weighted by Crippen LogP contribution is -2.50. The first-order valence-corrected chi connectivity index (χ1v) is 14.7. The van der Waals surface area contributed by atoms with E-state index in [0.29, 0.717) is 31.7 Å². The van der Waals surface area contributed by atoms with Crippen LogP contribution in [0, 0.1) is 12.8 Å². The topological polar surface area (TPSA) is 164 Å². The van der Waals surface area contributed by atoms with Crippen LogP contribution in [-0.2, 0) is 19.2 Å². The molecule has 3 N–H and O–H groups in total. The van der Waals surface area contributed by atoms with Crippen LogP contribution < -0.4 is 15.5 Å². The van der Waals surface area contributed by atoms with Crippen LogP contribution in [0.1, 0.15) is 41.6 Å². The highest BCUT2D eigenvalue weighted by molar-refractivity contribution is 6.08. The molecule has 0 bridgehead atoms. The quantitative estimate of drug-likeness (QED) is 0.114. The van der Waals surface area contributed by atoms with E-state index in [-0.39, 0.29) is 17.4 Å². The molecule has 2 heterocycles.